The molecule has 0 unspecified atom stereocenters. The molecule has 0 amide bonds. The van der Waals surface area contributed by atoms with Crippen LogP contribution >= 0.6 is 35.2 Å². The monoisotopic (exact) mass is 282 g/mol. The Morgan fingerprint density at radius 1 is 1.55 bits per heavy atom. The smallest absolute Gasteiger partial charge is 0.0623 e. The third-order valence-corrected chi connectivity index (χ3v) is 2.27. The average molecular weight is 282 g/mol. The van der Waals surface area contributed by atoms with Gasteiger partial charge in [0.1, 0.15) is 0 Å². The Morgan fingerprint density at radius 2 is 2.36 bits per heavy atom. The van der Waals surface area contributed by atoms with Crippen molar-refractivity contribution in [3.05, 3.63) is 16.0 Å². The van der Waals surface area contributed by atoms with E-state index in [-0.39, 0.29) is 0 Å². The van der Waals surface area contributed by atoms with Crippen LogP contribution in [0.3, 0.4) is 0 Å². The molecule has 0 bridgehead atoms. The molecule has 0 aliphatic rings. The average Bonchev–Trinajstić information content (AvgIpc) is 2.37. The fourth-order valence-electron chi connectivity index (χ4n) is 0.846. The van der Waals surface area contributed by atoms with Crippen molar-refractivity contribution in [3.8, 4) is 0 Å². The summed E-state index contributed by atoms with van der Waals surface area (Å²) in [5.41, 5.74) is 0. The van der Waals surface area contributed by atoms with Gasteiger partial charge >= 0.3 is 0 Å². The van der Waals surface area contributed by atoms with Crippen LogP contribution in [-0.2, 0) is 6.54 Å². The molecule has 0 spiro atoms. The SMILES string of the molecule is SCCCCn1cc(I)cn1. The van der Waals surface area contributed by atoms with Crippen LogP contribution in [0.1, 0.15) is 12.8 Å². The largest absolute Gasteiger partial charge is 0.272 e. The second-order valence-corrected chi connectivity index (χ2v) is 4.05. The Bertz CT molecular complexity index is 212. The van der Waals surface area contributed by atoms with Gasteiger partial charge in [0.15, 0.2) is 0 Å². The highest BCUT2D eigenvalue weighted by molar-refractivity contribution is 14.1. The Labute approximate surface area is 85.9 Å². The molecule has 0 radical (unpaired) electrons. The molecule has 1 aromatic rings. The van der Waals surface area contributed by atoms with Gasteiger partial charge in [-0.1, -0.05) is 0 Å². The van der Waals surface area contributed by atoms with Crippen molar-refractivity contribution >= 4 is 35.2 Å². The zero-order valence-electron chi connectivity index (χ0n) is 6.20. The van der Waals surface area contributed by atoms with Crippen LogP contribution in [0.25, 0.3) is 0 Å². The predicted octanol–water partition coefficient (Wildman–Crippen LogP) is 2.20. The number of thiol groups is 1. The first-order valence-electron chi connectivity index (χ1n) is 3.62. The molecule has 62 valence electrons. The molecule has 4 heteroatoms. The Hall–Kier alpha value is 0.290. The highest BCUT2D eigenvalue weighted by Crippen LogP contribution is 2.02. The van der Waals surface area contributed by atoms with E-state index >= 15 is 0 Å². The molecule has 1 aromatic heterocycles. The summed E-state index contributed by atoms with van der Waals surface area (Å²) < 4.78 is 3.18. The molecule has 0 fully saturated rings. The van der Waals surface area contributed by atoms with Crippen molar-refractivity contribution in [2.45, 2.75) is 19.4 Å². The second kappa shape index (κ2) is 5.03. The summed E-state index contributed by atoms with van der Waals surface area (Å²) in [6, 6.07) is 0. The van der Waals surface area contributed by atoms with Crippen LogP contribution in [0, 0.1) is 3.57 Å². The Morgan fingerprint density at radius 3 is 2.91 bits per heavy atom. The lowest BCUT2D eigenvalue weighted by Gasteiger charge is -1.97. The second-order valence-electron chi connectivity index (χ2n) is 2.35. The summed E-state index contributed by atoms with van der Waals surface area (Å²) in [5.74, 6) is 0.971. The van der Waals surface area contributed by atoms with Crippen LogP contribution < -0.4 is 0 Å². The quantitative estimate of drug-likeness (QED) is 0.509. The zero-order chi connectivity index (χ0) is 8.10. The van der Waals surface area contributed by atoms with Crippen molar-refractivity contribution in [1.29, 1.82) is 0 Å². The third kappa shape index (κ3) is 3.46. The molecule has 0 aliphatic carbocycles. The van der Waals surface area contributed by atoms with Gasteiger partial charge in [-0.3, -0.25) is 4.68 Å². The standard InChI is InChI=1S/C7H11IN2S/c8-7-5-9-10(6-7)3-1-2-4-11/h5-6,11H,1-4H2. The van der Waals surface area contributed by atoms with E-state index in [4.69, 9.17) is 0 Å². The lowest BCUT2D eigenvalue weighted by atomic mass is 10.3. The van der Waals surface area contributed by atoms with Gasteiger partial charge in [0.25, 0.3) is 0 Å². The van der Waals surface area contributed by atoms with Crippen molar-refractivity contribution in [3.63, 3.8) is 0 Å². The lowest BCUT2D eigenvalue weighted by Crippen LogP contribution is -1.97. The van der Waals surface area contributed by atoms with Crippen LogP contribution in [-0.4, -0.2) is 15.5 Å². The third-order valence-electron chi connectivity index (χ3n) is 1.40. The fraction of sp³-hybridized carbons (Fsp3) is 0.571. The molecule has 2 nitrogen and oxygen atoms in total. The molecule has 0 atom stereocenters. The molecular weight excluding hydrogens is 271 g/mol. The normalized spacial score (nSPS) is 10.4. The summed E-state index contributed by atoms with van der Waals surface area (Å²) >= 11 is 6.40. The Balaban J connectivity index is 2.27. The molecule has 0 aliphatic heterocycles. The van der Waals surface area contributed by atoms with Crippen LogP contribution in [0.15, 0.2) is 12.4 Å². The maximum absolute atomic E-state index is 4.17. The van der Waals surface area contributed by atoms with Gasteiger partial charge in [0.05, 0.1) is 9.77 Å². The summed E-state index contributed by atoms with van der Waals surface area (Å²) in [6.45, 7) is 1.02. The lowest BCUT2D eigenvalue weighted by molar-refractivity contribution is 0.574. The van der Waals surface area contributed by atoms with Gasteiger partial charge < -0.3 is 0 Å². The van der Waals surface area contributed by atoms with E-state index in [1.54, 1.807) is 0 Å². The number of nitrogens with zero attached hydrogens (tertiary/aromatic N) is 2. The molecule has 0 N–H and O–H groups in total. The summed E-state index contributed by atoms with van der Waals surface area (Å²) in [4.78, 5) is 0. The zero-order valence-corrected chi connectivity index (χ0v) is 9.25. The summed E-state index contributed by atoms with van der Waals surface area (Å²) in [7, 11) is 0. The number of aryl methyl sites for hydroxylation is 1. The van der Waals surface area contributed by atoms with Gasteiger partial charge in [-0.25, -0.2) is 0 Å². The minimum absolute atomic E-state index is 0.971. The summed E-state index contributed by atoms with van der Waals surface area (Å²) in [5, 5.41) is 4.17. The van der Waals surface area contributed by atoms with Crippen molar-refractivity contribution < 1.29 is 0 Å². The van der Waals surface area contributed by atoms with Crippen molar-refractivity contribution in [1.82, 2.24) is 9.78 Å². The molecule has 1 rings (SSSR count). The fourth-order valence-corrected chi connectivity index (χ4v) is 1.52. The summed E-state index contributed by atoms with van der Waals surface area (Å²) in [6.07, 6.45) is 6.27. The van der Waals surface area contributed by atoms with E-state index in [1.807, 2.05) is 10.9 Å². The van der Waals surface area contributed by atoms with Crippen molar-refractivity contribution in [2.75, 3.05) is 5.75 Å². The van der Waals surface area contributed by atoms with Crippen LogP contribution in [0.5, 0.6) is 0 Å². The molecule has 0 aromatic carbocycles. The first-order chi connectivity index (χ1) is 5.33. The molecule has 0 saturated heterocycles. The first-order valence-corrected chi connectivity index (χ1v) is 5.33. The van der Waals surface area contributed by atoms with Gasteiger partial charge in [0, 0.05) is 12.7 Å². The number of hydrogen-bond acceptors (Lipinski definition) is 2. The highest BCUT2D eigenvalue weighted by Gasteiger charge is 1.93. The van der Waals surface area contributed by atoms with E-state index < -0.39 is 0 Å². The first kappa shape index (κ1) is 9.38. The Kier molecular flexibility index (Phi) is 4.29. The van der Waals surface area contributed by atoms with Gasteiger partial charge in [-0.2, -0.15) is 17.7 Å². The number of unbranched alkanes of at least 4 members (excludes halogenated alkanes) is 1. The minimum Gasteiger partial charge on any atom is -0.272 e. The number of hydrogen-bond donors (Lipinski definition) is 1. The number of halogens is 1. The van der Waals surface area contributed by atoms with E-state index in [0.29, 0.717) is 0 Å². The van der Waals surface area contributed by atoms with Gasteiger partial charge in [-0.05, 0) is 41.2 Å². The van der Waals surface area contributed by atoms with Crippen LogP contribution in [0.2, 0.25) is 0 Å². The highest BCUT2D eigenvalue weighted by atomic mass is 127. The van der Waals surface area contributed by atoms with E-state index in [1.165, 1.54) is 16.4 Å². The van der Waals surface area contributed by atoms with Gasteiger partial charge in [-0.15, -0.1) is 0 Å². The molecule has 1 heterocycles. The van der Waals surface area contributed by atoms with Gasteiger partial charge in [0.2, 0.25) is 0 Å². The van der Waals surface area contributed by atoms with E-state index in [2.05, 4.69) is 46.5 Å². The minimum atomic E-state index is 0.971. The number of rotatable bonds is 4. The predicted molar refractivity (Wildman–Crippen MR) is 58.0 cm³/mol. The maximum Gasteiger partial charge on any atom is 0.0623 e. The maximum atomic E-state index is 4.17. The van der Waals surface area contributed by atoms with E-state index in [9.17, 15) is 0 Å². The molecule has 0 saturated carbocycles. The molecular formula is C7H11IN2S. The van der Waals surface area contributed by atoms with Crippen LogP contribution in [0.4, 0.5) is 0 Å². The van der Waals surface area contributed by atoms with E-state index in [0.717, 1.165) is 12.3 Å². The number of aromatic nitrogens is 2. The topological polar surface area (TPSA) is 17.8 Å². The molecule has 11 heavy (non-hydrogen) atoms. The van der Waals surface area contributed by atoms with Crippen molar-refractivity contribution in [2.24, 2.45) is 0 Å².